The van der Waals surface area contributed by atoms with E-state index in [1.54, 1.807) is 0 Å². The molecule has 11 rings (SSSR count). The van der Waals surface area contributed by atoms with E-state index in [0.717, 1.165) is 39.3 Å². The molecule has 8 aromatic rings. The minimum atomic E-state index is -0.483. The van der Waals surface area contributed by atoms with Crippen LogP contribution in [0.25, 0.3) is 22.3 Å². The van der Waals surface area contributed by atoms with E-state index in [-0.39, 0.29) is 6.17 Å². The van der Waals surface area contributed by atoms with Crippen LogP contribution < -0.4 is 10.2 Å². The number of benzene rings is 8. The third kappa shape index (κ3) is 4.93. The first kappa shape index (κ1) is 32.2. The molecule has 0 saturated heterocycles. The van der Waals surface area contributed by atoms with E-state index in [1.807, 2.05) is 24.3 Å². The van der Waals surface area contributed by atoms with Gasteiger partial charge in [-0.05, 0) is 86.5 Å². The number of rotatable bonds is 5. The Morgan fingerprint density at radius 2 is 0.982 bits per heavy atom. The molecule has 2 aliphatic heterocycles. The van der Waals surface area contributed by atoms with Crippen LogP contribution in [0.2, 0.25) is 0 Å². The number of anilines is 3. The molecule has 264 valence electrons. The quantitative estimate of drug-likeness (QED) is 0.193. The fourth-order valence-electron chi connectivity index (χ4n) is 9.11. The summed E-state index contributed by atoms with van der Waals surface area (Å²) in [4.78, 5) is 12.7. The first-order chi connectivity index (χ1) is 27.8. The predicted octanol–water partition coefficient (Wildman–Crippen LogP) is 12.0. The minimum absolute atomic E-state index is 0.255. The van der Waals surface area contributed by atoms with Gasteiger partial charge in [0, 0.05) is 16.8 Å². The highest BCUT2D eigenvalue weighted by Crippen LogP contribution is 2.63. The fourth-order valence-corrected chi connectivity index (χ4v) is 9.11. The van der Waals surface area contributed by atoms with Crippen molar-refractivity contribution < 1.29 is 0 Å². The largest absolute Gasteiger partial charge is 0.344 e. The zero-order valence-corrected chi connectivity index (χ0v) is 30.5. The monoisotopic (exact) mass is 716 g/mol. The average molecular weight is 717 g/mol. The average Bonchev–Trinajstić information content (AvgIpc) is 3.57. The molecule has 1 N–H and O–H groups in total. The van der Waals surface area contributed by atoms with Gasteiger partial charge < -0.3 is 10.2 Å². The van der Waals surface area contributed by atoms with E-state index in [0.29, 0.717) is 5.84 Å². The molecule has 0 fully saturated rings. The van der Waals surface area contributed by atoms with Crippen LogP contribution in [-0.2, 0) is 5.41 Å². The van der Waals surface area contributed by atoms with Crippen molar-refractivity contribution in [3.05, 3.63) is 245 Å². The Hall–Kier alpha value is -7.30. The Bertz CT molecular complexity index is 2790. The number of aliphatic imine (C=N–C) groups is 2. The second-order valence-electron chi connectivity index (χ2n) is 14.6. The summed E-state index contributed by atoms with van der Waals surface area (Å²) in [6.07, 6.45) is -0.255. The lowest BCUT2D eigenvalue weighted by Gasteiger charge is -2.45. The number of fused-ring (bicyclic) bond motifs is 9. The number of amidine groups is 2. The Labute approximate surface area is 326 Å². The van der Waals surface area contributed by atoms with E-state index < -0.39 is 5.41 Å². The summed E-state index contributed by atoms with van der Waals surface area (Å²) in [6.45, 7) is 0. The van der Waals surface area contributed by atoms with Gasteiger partial charge in [-0.3, -0.25) is 0 Å². The SMILES string of the molecule is c1ccc(C2=NC(c3cccc(-c4ccc5c(c4)-c4ccccc4C54c5ccccc5N(c5ccccc5)c5ccccc54)c3)=NC(c3ccccc3)N2)cc1. The molecule has 1 unspecified atom stereocenters. The van der Waals surface area contributed by atoms with Crippen LogP contribution in [0.4, 0.5) is 17.1 Å². The topological polar surface area (TPSA) is 40.0 Å². The number of para-hydroxylation sites is 3. The lowest BCUT2D eigenvalue weighted by atomic mass is 9.64. The van der Waals surface area contributed by atoms with Crippen molar-refractivity contribution in [1.82, 2.24) is 5.32 Å². The zero-order chi connectivity index (χ0) is 37.1. The molecule has 8 aromatic carbocycles. The molecular weight excluding hydrogens is 681 g/mol. The predicted molar refractivity (Wildman–Crippen MR) is 229 cm³/mol. The maximum Gasteiger partial charge on any atom is 0.159 e. The van der Waals surface area contributed by atoms with Crippen molar-refractivity contribution in [2.45, 2.75) is 11.6 Å². The number of hydrogen-bond acceptors (Lipinski definition) is 4. The van der Waals surface area contributed by atoms with Crippen molar-refractivity contribution in [3.63, 3.8) is 0 Å². The van der Waals surface area contributed by atoms with Gasteiger partial charge in [0.2, 0.25) is 0 Å². The highest BCUT2D eigenvalue weighted by atomic mass is 15.2. The summed E-state index contributed by atoms with van der Waals surface area (Å²) in [5.74, 6) is 1.52. The summed E-state index contributed by atoms with van der Waals surface area (Å²) in [6, 6.07) is 74.1. The highest BCUT2D eigenvalue weighted by molar-refractivity contribution is 6.13. The summed E-state index contributed by atoms with van der Waals surface area (Å²) in [7, 11) is 0. The van der Waals surface area contributed by atoms with Gasteiger partial charge in [-0.1, -0.05) is 170 Å². The summed E-state index contributed by atoms with van der Waals surface area (Å²) in [5.41, 5.74) is 16.1. The first-order valence-corrected chi connectivity index (χ1v) is 19.2. The standard InChI is InChI=1S/C52H36N4/c1-4-17-35(18-5-1)49-53-50(36-19-6-2-7-20-36)55-51(54-49)39-22-16-21-37(33-39)38-31-32-44-42(34-38)41-25-10-11-26-43(41)52(44)45-27-12-14-29-47(45)56(40-23-8-3-9-24-40)48-30-15-13-28-46(48)52/h1-34,49H,(H,53,54,55). The van der Waals surface area contributed by atoms with E-state index in [1.165, 1.54) is 44.8 Å². The molecule has 1 aliphatic carbocycles. The normalized spacial score (nSPS) is 15.8. The van der Waals surface area contributed by atoms with E-state index >= 15 is 0 Å². The maximum atomic E-state index is 5.16. The Balaban J connectivity index is 1.06. The number of nitrogens with one attached hydrogen (secondary N) is 1. The molecule has 1 spiro atoms. The number of nitrogens with zero attached hydrogens (tertiary/aromatic N) is 3. The third-order valence-corrected chi connectivity index (χ3v) is 11.5. The molecule has 0 radical (unpaired) electrons. The maximum absolute atomic E-state index is 5.16. The zero-order valence-electron chi connectivity index (χ0n) is 30.5. The molecule has 0 saturated carbocycles. The minimum Gasteiger partial charge on any atom is -0.344 e. The molecular formula is C52H36N4. The fraction of sp³-hybridized carbons (Fsp3) is 0.0385. The van der Waals surface area contributed by atoms with Gasteiger partial charge in [-0.2, -0.15) is 0 Å². The van der Waals surface area contributed by atoms with Gasteiger partial charge in [0.25, 0.3) is 0 Å². The molecule has 2 heterocycles. The van der Waals surface area contributed by atoms with Gasteiger partial charge in [0.05, 0.1) is 16.8 Å². The first-order valence-electron chi connectivity index (χ1n) is 19.2. The molecule has 4 heteroatoms. The summed E-state index contributed by atoms with van der Waals surface area (Å²) >= 11 is 0. The van der Waals surface area contributed by atoms with Crippen LogP contribution >= 0.6 is 0 Å². The Kier molecular flexibility index (Phi) is 7.42. The van der Waals surface area contributed by atoms with Gasteiger partial charge in [0.1, 0.15) is 12.0 Å². The van der Waals surface area contributed by atoms with Crippen LogP contribution in [0.3, 0.4) is 0 Å². The lowest BCUT2D eigenvalue weighted by molar-refractivity contribution is 0.674. The van der Waals surface area contributed by atoms with Crippen molar-refractivity contribution in [2.75, 3.05) is 4.90 Å². The summed E-state index contributed by atoms with van der Waals surface area (Å²) in [5, 5.41) is 3.58. The van der Waals surface area contributed by atoms with E-state index in [4.69, 9.17) is 9.98 Å². The molecule has 0 amide bonds. The van der Waals surface area contributed by atoms with Crippen molar-refractivity contribution in [1.29, 1.82) is 0 Å². The van der Waals surface area contributed by atoms with E-state index in [9.17, 15) is 0 Å². The van der Waals surface area contributed by atoms with Gasteiger partial charge in [-0.25, -0.2) is 9.98 Å². The van der Waals surface area contributed by atoms with Crippen LogP contribution in [0, 0.1) is 0 Å². The third-order valence-electron chi connectivity index (χ3n) is 11.5. The Morgan fingerprint density at radius 1 is 0.429 bits per heavy atom. The second-order valence-corrected chi connectivity index (χ2v) is 14.6. The van der Waals surface area contributed by atoms with Crippen LogP contribution in [0.1, 0.15) is 45.1 Å². The highest BCUT2D eigenvalue weighted by Gasteiger charge is 2.51. The van der Waals surface area contributed by atoms with Crippen LogP contribution in [-0.4, -0.2) is 11.7 Å². The van der Waals surface area contributed by atoms with E-state index in [2.05, 4.69) is 192 Å². The van der Waals surface area contributed by atoms with Gasteiger partial charge in [0.15, 0.2) is 5.84 Å². The lowest BCUT2D eigenvalue weighted by Crippen LogP contribution is -2.36. The molecule has 3 aliphatic rings. The molecule has 0 bridgehead atoms. The van der Waals surface area contributed by atoms with Gasteiger partial charge in [-0.15, -0.1) is 0 Å². The second kappa shape index (κ2) is 12.9. The molecule has 0 aromatic heterocycles. The van der Waals surface area contributed by atoms with Crippen molar-refractivity contribution >= 4 is 28.7 Å². The van der Waals surface area contributed by atoms with Crippen LogP contribution in [0.15, 0.2) is 216 Å². The van der Waals surface area contributed by atoms with Crippen molar-refractivity contribution in [3.8, 4) is 22.3 Å². The van der Waals surface area contributed by atoms with Gasteiger partial charge >= 0.3 is 0 Å². The Morgan fingerprint density at radius 3 is 1.71 bits per heavy atom. The van der Waals surface area contributed by atoms with Crippen LogP contribution in [0.5, 0.6) is 0 Å². The smallest absolute Gasteiger partial charge is 0.159 e. The number of hydrogen-bond donors (Lipinski definition) is 1. The molecule has 56 heavy (non-hydrogen) atoms. The molecule has 4 nitrogen and oxygen atoms in total. The summed E-state index contributed by atoms with van der Waals surface area (Å²) < 4.78 is 0. The van der Waals surface area contributed by atoms with Crippen molar-refractivity contribution in [2.24, 2.45) is 9.98 Å². The molecule has 1 atom stereocenters.